The van der Waals surface area contributed by atoms with E-state index in [0.717, 1.165) is 35.9 Å². The molecule has 1 atom stereocenters. The molecule has 0 saturated carbocycles. The molecule has 1 aliphatic heterocycles. The highest BCUT2D eigenvalue weighted by molar-refractivity contribution is 6.31. The van der Waals surface area contributed by atoms with Crippen LogP contribution in [0.4, 0.5) is 5.69 Å². The lowest BCUT2D eigenvalue weighted by Gasteiger charge is -2.36. The second kappa shape index (κ2) is 7.55. The summed E-state index contributed by atoms with van der Waals surface area (Å²) in [6.07, 6.45) is 3.32. The first-order valence-electron chi connectivity index (χ1n) is 7.63. The highest BCUT2D eigenvalue weighted by Crippen LogP contribution is 2.28. The molecule has 1 aliphatic rings. The van der Waals surface area contributed by atoms with Gasteiger partial charge in [0, 0.05) is 48.8 Å². The first kappa shape index (κ1) is 15.9. The minimum atomic E-state index is -0.0323. The van der Waals surface area contributed by atoms with E-state index in [2.05, 4.69) is 20.5 Å². The molecule has 1 unspecified atom stereocenters. The molecule has 5 nitrogen and oxygen atoms in total. The summed E-state index contributed by atoms with van der Waals surface area (Å²) in [5.74, 6) is -0.0323. The normalized spacial score (nSPS) is 18.6. The lowest BCUT2D eigenvalue weighted by Crippen LogP contribution is -2.48. The number of nitrogens with zero attached hydrogens (tertiary/aromatic N) is 2. The molecule has 1 amide bonds. The lowest BCUT2D eigenvalue weighted by atomic mass is 10.0. The number of anilines is 1. The SMILES string of the molecule is O=C(CN1CCNCC1c1ccccc1Cl)Nc1ccncc1. The number of hydrogen-bond acceptors (Lipinski definition) is 4. The molecule has 120 valence electrons. The number of halogens is 1. The van der Waals surface area contributed by atoms with Crippen molar-refractivity contribution < 1.29 is 4.79 Å². The Morgan fingerprint density at radius 1 is 1.30 bits per heavy atom. The monoisotopic (exact) mass is 330 g/mol. The molecule has 0 spiro atoms. The van der Waals surface area contributed by atoms with Gasteiger partial charge in [-0.25, -0.2) is 0 Å². The van der Waals surface area contributed by atoms with Crippen molar-refractivity contribution in [1.29, 1.82) is 0 Å². The zero-order valence-electron chi connectivity index (χ0n) is 12.7. The maximum absolute atomic E-state index is 12.3. The fraction of sp³-hybridized carbons (Fsp3) is 0.294. The van der Waals surface area contributed by atoms with Gasteiger partial charge in [-0.05, 0) is 23.8 Å². The summed E-state index contributed by atoms with van der Waals surface area (Å²) >= 11 is 6.33. The number of benzene rings is 1. The molecule has 3 rings (SSSR count). The van der Waals surface area contributed by atoms with Crippen LogP contribution in [0.3, 0.4) is 0 Å². The zero-order valence-corrected chi connectivity index (χ0v) is 13.5. The number of nitrogens with one attached hydrogen (secondary N) is 2. The van der Waals surface area contributed by atoms with Crippen molar-refractivity contribution >= 4 is 23.2 Å². The maximum atomic E-state index is 12.3. The molecule has 1 fully saturated rings. The van der Waals surface area contributed by atoms with Gasteiger partial charge < -0.3 is 10.6 Å². The number of carbonyl (C=O) groups excluding carboxylic acids is 1. The number of rotatable bonds is 4. The molecule has 2 aromatic rings. The van der Waals surface area contributed by atoms with E-state index in [0.29, 0.717) is 6.54 Å². The summed E-state index contributed by atoms with van der Waals surface area (Å²) in [6.45, 7) is 2.79. The second-order valence-corrected chi connectivity index (χ2v) is 5.90. The van der Waals surface area contributed by atoms with E-state index in [1.54, 1.807) is 24.5 Å². The average molecular weight is 331 g/mol. The number of aromatic nitrogens is 1. The Morgan fingerprint density at radius 3 is 2.87 bits per heavy atom. The molecule has 0 aliphatic carbocycles. The van der Waals surface area contributed by atoms with Gasteiger partial charge >= 0.3 is 0 Å². The maximum Gasteiger partial charge on any atom is 0.238 e. The van der Waals surface area contributed by atoms with Gasteiger partial charge in [0.1, 0.15) is 0 Å². The van der Waals surface area contributed by atoms with E-state index in [4.69, 9.17) is 11.6 Å². The number of carbonyl (C=O) groups is 1. The zero-order chi connectivity index (χ0) is 16.1. The summed E-state index contributed by atoms with van der Waals surface area (Å²) in [6, 6.07) is 11.5. The molecule has 2 heterocycles. The van der Waals surface area contributed by atoms with Crippen LogP contribution in [0.25, 0.3) is 0 Å². The first-order valence-corrected chi connectivity index (χ1v) is 8.01. The predicted molar refractivity (Wildman–Crippen MR) is 91.5 cm³/mol. The molecule has 6 heteroatoms. The fourth-order valence-corrected chi connectivity index (χ4v) is 3.07. The topological polar surface area (TPSA) is 57.3 Å². The van der Waals surface area contributed by atoms with Gasteiger partial charge in [0.15, 0.2) is 0 Å². The number of pyridine rings is 1. The van der Waals surface area contributed by atoms with Crippen LogP contribution in [-0.2, 0) is 4.79 Å². The third-order valence-corrected chi connectivity index (χ3v) is 4.27. The van der Waals surface area contributed by atoms with Crippen LogP contribution in [0.1, 0.15) is 11.6 Å². The van der Waals surface area contributed by atoms with Crippen molar-refractivity contribution in [2.75, 3.05) is 31.5 Å². The summed E-state index contributed by atoms with van der Waals surface area (Å²) in [5, 5.41) is 7.01. The predicted octanol–water partition coefficient (Wildman–Crippen LogP) is 2.32. The van der Waals surface area contributed by atoms with Gasteiger partial charge in [-0.15, -0.1) is 0 Å². The van der Waals surface area contributed by atoms with E-state index < -0.39 is 0 Å². The Bertz CT molecular complexity index is 665. The fourth-order valence-electron chi connectivity index (χ4n) is 2.81. The molecule has 1 aromatic carbocycles. The van der Waals surface area contributed by atoms with Gasteiger partial charge in [0.05, 0.1) is 6.54 Å². The Morgan fingerprint density at radius 2 is 2.09 bits per heavy atom. The molecule has 0 radical (unpaired) electrons. The van der Waals surface area contributed by atoms with Crippen LogP contribution in [0, 0.1) is 0 Å². The van der Waals surface area contributed by atoms with Crippen molar-refractivity contribution in [2.24, 2.45) is 0 Å². The first-order chi connectivity index (χ1) is 11.2. The van der Waals surface area contributed by atoms with Gasteiger partial charge in [-0.3, -0.25) is 14.7 Å². The Labute approximate surface area is 140 Å². The standard InChI is InChI=1S/C17H19ClN4O/c18-15-4-2-1-3-14(15)16-11-20-9-10-22(16)12-17(23)21-13-5-7-19-8-6-13/h1-8,16,20H,9-12H2,(H,19,21,23). The van der Waals surface area contributed by atoms with Gasteiger partial charge in [0.2, 0.25) is 5.91 Å². The van der Waals surface area contributed by atoms with Crippen LogP contribution in [0.15, 0.2) is 48.8 Å². The molecule has 1 saturated heterocycles. The molecular weight excluding hydrogens is 312 g/mol. The van der Waals surface area contributed by atoms with Crippen LogP contribution in [0.5, 0.6) is 0 Å². The third-order valence-electron chi connectivity index (χ3n) is 3.93. The lowest BCUT2D eigenvalue weighted by molar-refractivity contribution is -0.118. The Balaban J connectivity index is 1.69. The van der Waals surface area contributed by atoms with Gasteiger partial charge in [0.25, 0.3) is 0 Å². The second-order valence-electron chi connectivity index (χ2n) is 5.50. The van der Waals surface area contributed by atoms with Crippen LogP contribution in [-0.4, -0.2) is 42.0 Å². The van der Waals surface area contributed by atoms with Crippen LogP contribution in [0.2, 0.25) is 5.02 Å². The third kappa shape index (κ3) is 4.07. The van der Waals surface area contributed by atoms with Crippen molar-refractivity contribution in [3.63, 3.8) is 0 Å². The van der Waals surface area contributed by atoms with E-state index >= 15 is 0 Å². The summed E-state index contributed by atoms with van der Waals surface area (Å²) in [4.78, 5) is 18.4. The average Bonchev–Trinajstić information content (AvgIpc) is 2.57. The molecule has 1 aromatic heterocycles. The van der Waals surface area contributed by atoms with E-state index in [1.807, 2.05) is 24.3 Å². The molecule has 23 heavy (non-hydrogen) atoms. The van der Waals surface area contributed by atoms with E-state index in [9.17, 15) is 4.79 Å². The van der Waals surface area contributed by atoms with Crippen molar-refractivity contribution in [3.05, 3.63) is 59.4 Å². The van der Waals surface area contributed by atoms with Crippen molar-refractivity contribution in [3.8, 4) is 0 Å². The van der Waals surface area contributed by atoms with Crippen molar-refractivity contribution in [1.82, 2.24) is 15.2 Å². The highest BCUT2D eigenvalue weighted by Gasteiger charge is 2.26. The van der Waals surface area contributed by atoms with Crippen molar-refractivity contribution in [2.45, 2.75) is 6.04 Å². The largest absolute Gasteiger partial charge is 0.325 e. The Kier molecular flexibility index (Phi) is 5.23. The minimum absolute atomic E-state index is 0.0323. The number of hydrogen-bond donors (Lipinski definition) is 2. The quantitative estimate of drug-likeness (QED) is 0.903. The summed E-state index contributed by atoms with van der Waals surface area (Å²) in [5.41, 5.74) is 1.81. The van der Waals surface area contributed by atoms with Crippen LogP contribution >= 0.6 is 11.6 Å². The van der Waals surface area contributed by atoms with Gasteiger partial charge in [-0.1, -0.05) is 29.8 Å². The van der Waals surface area contributed by atoms with E-state index in [1.165, 1.54) is 0 Å². The minimum Gasteiger partial charge on any atom is -0.325 e. The molecule has 2 N–H and O–H groups in total. The summed E-state index contributed by atoms with van der Waals surface area (Å²) in [7, 11) is 0. The Hall–Kier alpha value is -1.95. The van der Waals surface area contributed by atoms with Crippen LogP contribution < -0.4 is 10.6 Å². The van der Waals surface area contributed by atoms with Gasteiger partial charge in [-0.2, -0.15) is 0 Å². The molecule has 0 bridgehead atoms. The summed E-state index contributed by atoms with van der Waals surface area (Å²) < 4.78 is 0. The number of piperazine rings is 1. The van der Waals surface area contributed by atoms with E-state index in [-0.39, 0.29) is 11.9 Å². The number of amides is 1. The molecular formula is C17H19ClN4O. The smallest absolute Gasteiger partial charge is 0.238 e. The highest BCUT2D eigenvalue weighted by atomic mass is 35.5.